The van der Waals surface area contributed by atoms with Crippen LogP contribution in [0.2, 0.25) is 0 Å². The Kier molecular flexibility index (Phi) is 4.66. The second-order valence-corrected chi connectivity index (χ2v) is 11.1. The van der Waals surface area contributed by atoms with Crippen molar-refractivity contribution in [2.24, 2.45) is 21.8 Å². The molecule has 1 aliphatic heterocycles. The number of hydrogen-bond donors (Lipinski definition) is 1. The van der Waals surface area contributed by atoms with Gasteiger partial charge in [-0.25, -0.2) is 13.8 Å². The molecule has 0 spiro atoms. The summed E-state index contributed by atoms with van der Waals surface area (Å²) in [7, 11) is -3.46. The third-order valence-electron chi connectivity index (χ3n) is 7.62. The summed E-state index contributed by atoms with van der Waals surface area (Å²) in [6.07, 6.45) is 5.08. The van der Waals surface area contributed by atoms with Gasteiger partial charge in [0.15, 0.2) is 0 Å². The van der Waals surface area contributed by atoms with Crippen LogP contribution < -0.4 is 5.43 Å². The smallest absolute Gasteiger partial charge is 0.267 e. The molecule has 1 aromatic carbocycles. The lowest BCUT2D eigenvalue weighted by Gasteiger charge is -2.34. The summed E-state index contributed by atoms with van der Waals surface area (Å²) >= 11 is 0. The number of rotatable bonds is 4. The summed E-state index contributed by atoms with van der Waals surface area (Å²) in [6, 6.07) is 6.14. The van der Waals surface area contributed by atoms with E-state index in [0.717, 1.165) is 31.4 Å². The third-order valence-corrected chi connectivity index (χ3v) is 9.54. The molecule has 2 bridgehead atoms. The maximum Gasteiger partial charge on any atom is 0.271 e. The van der Waals surface area contributed by atoms with E-state index in [-0.39, 0.29) is 21.6 Å². The molecule has 2 saturated carbocycles. The van der Waals surface area contributed by atoms with Crippen LogP contribution in [0, 0.1) is 16.7 Å². The second-order valence-electron chi connectivity index (χ2n) is 9.13. The van der Waals surface area contributed by atoms with E-state index in [9.17, 15) is 13.2 Å². The molecule has 6 nitrogen and oxygen atoms in total. The highest BCUT2D eigenvalue weighted by molar-refractivity contribution is 7.89. The summed E-state index contributed by atoms with van der Waals surface area (Å²) in [5.41, 5.74) is 4.44. The van der Waals surface area contributed by atoms with Gasteiger partial charge in [-0.3, -0.25) is 4.79 Å². The van der Waals surface area contributed by atoms with Crippen molar-refractivity contribution in [2.75, 3.05) is 13.1 Å². The number of nitrogens with one attached hydrogen (secondary N) is 1. The molecule has 1 heterocycles. The molecule has 3 aliphatic rings. The van der Waals surface area contributed by atoms with Crippen LogP contribution >= 0.6 is 0 Å². The Labute approximate surface area is 167 Å². The summed E-state index contributed by atoms with van der Waals surface area (Å²) in [6.45, 7) is 7.99. The quantitative estimate of drug-likeness (QED) is 0.783. The predicted octanol–water partition coefficient (Wildman–Crippen LogP) is 3.40. The first kappa shape index (κ1) is 19.6. The summed E-state index contributed by atoms with van der Waals surface area (Å²) < 4.78 is 26.7. The lowest BCUT2D eigenvalue weighted by atomic mass is 9.70. The molecule has 0 aromatic heterocycles. The maximum absolute atomic E-state index is 12.6. The molecule has 1 amide bonds. The number of sulfonamides is 1. The standard InChI is InChI=1S/C21H29N3O3S/c1-20(2)16-10-11-21(20,3)18(14-16)22-23-19(25)15-6-8-17(9-7-15)28(26,27)24-12-4-5-13-24/h6-9,16H,4-5,10-14H2,1-3H3,(H,23,25)/b22-18+/t16-,21-/m1/s1. The Morgan fingerprint density at radius 1 is 1.14 bits per heavy atom. The first-order valence-corrected chi connectivity index (χ1v) is 11.6. The Morgan fingerprint density at radius 2 is 1.79 bits per heavy atom. The monoisotopic (exact) mass is 403 g/mol. The molecule has 4 rings (SSSR count). The molecule has 0 unspecified atom stereocenters. The molecular formula is C21H29N3O3S. The largest absolute Gasteiger partial charge is 0.271 e. The number of hydrogen-bond acceptors (Lipinski definition) is 4. The molecule has 3 fully saturated rings. The zero-order valence-corrected chi connectivity index (χ0v) is 17.7. The maximum atomic E-state index is 12.6. The molecule has 2 atom stereocenters. The summed E-state index contributed by atoms with van der Waals surface area (Å²) in [4.78, 5) is 12.7. The molecule has 28 heavy (non-hydrogen) atoms. The van der Waals surface area contributed by atoms with E-state index in [0.29, 0.717) is 24.6 Å². The van der Waals surface area contributed by atoms with E-state index < -0.39 is 10.0 Å². The van der Waals surface area contributed by atoms with E-state index >= 15 is 0 Å². The number of nitrogens with zero attached hydrogens (tertiary/aromatic N) is 2. The fourth-order valence-electron chi connectivity index (χ4n) is 5.14. The molecular weight excluding hydrogens is 374 g/mol. The lowest BCUT2D eigenvalue weighted by molar-refractivity contribution is 0.0953. The Balaban J connectivity index is 1.46. The van der Waals surface area contributed by atoms with Crippen molar-refractivity contribution < 1.29 is 13.2 Å². The van der Waals surface area contributed by atoms with Gasteiger partial charge in [-0.15, -0.1) is 0 Å². The van der Waals surface area contributed by atoms with Crippen LogP contribution in [0.5, 0.6) is 0 Å². The Bertz CT molecular complexity index is 915. The van der Waals surface area contributed by atoms with Crippen LogP contribution in [-0.4, -0.2) is 37.4 Å². The molecule has 1 saturated heterocycles. The van der Waals surface area contributed by atoms with Crippen LogP contribution in [0.4, 0.5) is 0 Å². The van der Waals surface area contributed by atoms with Crippen molar-refractivity contribution in [3.8, 4) is 0 Å². The topological polar surface area (TPSA) is 78.8 Å². The van der Waals surface area contributed by atoms with Crippen LogP contribution in [0.1, 0.15) is 63.2 Å². The van der Waals surface area contributed by atoms with Gasteiger partial charge in [0.05, 0.1) is 4.90 Å². The minimum absolute atomic E-state index is 0.0403. The van der Waals surface area contributed by atoms with Gasteiger partial charge < -0.3 is 0 Å². The van der Waals surface area contributed by atoms with Gasteiger partial charge in [-0.2, -0.15) is 9.41 Å². The fraction of sp³-hybridized carbons (Fsp3) is 0.619. The van der Waals surface area contributed by atoms with E-state index in [1.165, 1.54) is 22.9 Å². The molecule has 7 heteroatoms. The molecule has 2 aliphatic carbocycles. The highest BCUT2D eigenvalue weighted by Crippen LogP contribution is 2.63. The first-order chi connectivity index (χ1) is 13.2. The van der Waals surface area contributed by atoms with Crippen molar-refractivity contribution in [3.63, 3.8) is 0 Å². The van der Waals surface area contributed by atoms with Crippen LogP contribution in [-0.2, 0) is 10.0 Å². The number of carbonyl (C=O) groups is 1. The summed E-state index contributed by atoms with van der Waals surface area (Å²) in [5, 5.41) is 4.47. The number of benzene rings is 1. The molecule has 1 N–H and O–H groups in total. The van der Waals surface area contributed by atoms with Gasteiger partial charge in [0, 0.05) is 29.8 Å². The number of amides is 1. The van der Waals surface area contributed by atoms with Gasteiger partial charge >= 0.3 is 0 Å². The second kappa shape index (κ2) is 6.66. The number of hydrazone groups is 1. The molecule has 1 aromatic rings. The van der Waals surface area contributed by atoms with Crippen molar-refractivity contribution >= 4 is 21.6 Å². The highest BCUT2D eigenvalue weighted by Gasteiger charge is 2.60. The van der Waals surface area contributed by atoms with Gasteiger partial charge in [0.1, 0.15) is 0 Å². The van der Waals surface area contributed by atoms with Crippen molar-refractivity contribution in [1.29, 1.82) is 0 Å². The van der Waals surface area contributed by atoms with E-state index in [2.05, 4.69) is 31.3 Å². The van der Waals surface area contributed by atoms with Crippen molar-refractivity contribution in [2.45, 2.75) is 57.8 Å². The predicted molar refractivity (Wildman–Crippen MR) is 109 cm³/mol. The van der Waals surface area contributed by atoms with Crippen molar-refractivity contribution in [3.05, 3.63) is 29.8 Å². The fourth-order valence-corrected chi connectivity index (χ4v) is 6.65. The highest BCUT2D eigenvalue weighted by atomic mass is 32.2. The average molecular weight is 404 g/mol. The molecule has 152 valence electrons. The first-order valence-electron chi connectivity index (χ1n) is 10.1. The third kappa shape index (κ3) is 2.90. The van der Waals surface area contributed by atoms with Gasteiger partial charge in [0.2, 0.25) is 10.0 Å². The zero-order valence-electron chi connectivity index (χ0n) is 16.9. The summed E-state index contributed by atoms with van der Waals surface area (Å²) in [5.74, 6) is 0.324. The van der Waals surface area contributed by atoms with Crippen LogP contribution in [0.25, 0.3) is 0 Å². The SMILES string of the molecule is CC1(C)[C@@H]2CC[C@]1(C)/C(=N/NC(=O)c1ccc(S(=O)(=O)N3CCCC3)cc1)C2. The van der Waals surface area contributed by atoms with Crippen LogP contribution in [0.15, 0.2) is 34.3 Å². The van der Waals surface area contributed by atoms with Crippen molar-refractivity contribution in [1.82, 2.24) is 9.73 Å². The minimum Gasteiger partial charge on any atom is -0.267 e. The molecule has 0 radical (unpaired) electrons. The number of fused-ring (bicyclic) bond motifs is 2. The Morgan fingerprint density at radius 3 is 2.32 bits per heavy atom. The number of carbonyl (C=O) groups excluding carboxylic acids is 1. The van der Waals surface area contributed by atoms with E-state index in [1.54, 1.807) is 12.1 Å². The Hall–Kier alpha value is -1.73. The van der Waals surface area contributed by atoms with Crippen LogP contribution in [0.3, 0.4) is 0 Å². The minimum atomic E-state index is -3.46. The normalized spacial score (nSPS) is 30.8. The zero-order chi connectivity index (χ0) is 20.2. The lowest BCUT2D eigenvalue weighted by Crippen LogP contribution is -2.34. The average Bonchev–Trinajstić information content (AvgIpc) is 3.33. The van der Waals surface area contributed by atoms with Gasteiger partial charge in [0.25, 0.3) is 5.91 Å². The van der Waals surface area contributed by atoms with E-state index in [4.69, 9.17) is 0 Å². The van der Waals surface area contributed by atoms with Gasteiger partial charge in [-0.05, 0) is 67.7 Å². The van der Waals surface area contributed by atoms with E-state index in [1.807, 2.05) is 0 Å². The van der Waals surface area contributed by atoms with Gasteiger partial charge in [-0.1, -0.05) is 20.8 Å².